The van der Waals surface area contributed by atoms with Crippen molar-refractivity contribution in [2.75, 3.05) is 19.8 Å². The largest absolute Gasteiger partial charge is 0.379 e. The topological polar surface area (TPSA) is 21.3 Å². The number of nitrogens with one attached hydrogen (secondary N) is 1. The molecule has 0 bridgehead atoms. The van der Waals surface area contributed by atoms with E-state index in [9.17, 15) is 4.39 Å². The van der Waals surface area contributed by atoms with E-state index in [1.807, 2.05) is 12.1 Å². The van der Waals surface area contributed by atoms with Crippen LogP contribution in [0.15, 0.2) is 18.2 Å². The Hall–Kier alpha value is -0.930. The van der Waals surface area contributed by atoms with Gasteiger partial charge in [0.1, 0.15) is 5.82 Å². The summed E-state index contributed by atoms with van der Waals surface area (Å²) in [4.78, 5) is 0. The summed E-state index contributed by atoms with van der Waals surface area (Å²) in [5.41, 5.74) is 1.78. The summed E-state index contributed by atoms with van der Waals surface area (Å²) in [6.07, 6.45) is 1.90. The van der Waals surface area contributed by atoms with Gasteiger partial charge in [0.15, 0.2) is 0 Å². The zero-order valence-electron chi connectivity index (χ0n) is 9.63. The normalized spacial score (nSPS) is 21.0. The fraction of sp³-hybridized carbons (Fsp3) is 0.538. The SMILES string of the molecule is Cc1ccc(CCC2COCCN2)cc1F. The van der Waals surface area contributed by atoms with Crippen molar-refractivity contribution in [1.29, 1.82) is 0 Å². The lowest BCUT2D eigenvalue weighted by molar-refractivity contribution is 0.0743. The molecule has 1 heterocycles. The van der Waals surface area contributed by atoms with Crippen molar-refractivity contribution in [3.8, 4) is 0 Å². The molecule has 0 aromatic heterocycles. The van der Waals surface area contributed by atoms with Crippen molar-refractivity contribution in [1.82, 2.24) is 5.32 Å². The Kier molecular flexibility index (Phi) is 3.91. The van der Waals surface area contributed by atoms with Gasteiger partial charge in [0.2, 0.25) is 0 Å². The molecule has 1 aliphatic rings. The van der Waals surface area contributed by atoms with Gasteiger partial charge in [-0.3, -0.25) is 0 Å². The summed E-state index contributed by atoms with van der Waals surface area (Å²) in [5, 5.41) is 3.40. The fourth-order valence-corrected chi connectivity index (χ4v) is 1.94. The smallest absolute Gasteiger partial charge is 0.126 e. The summed E-state index contributed by atoms with van der Waals surface area (Å²) in [6, 6.07) is 5.90. The van der Waals surface area contributed by atoms with Gasteiger partial charge < -0.3 is 10.1 Å². The Morgan fingerprint density at radius 3 is 3.06 bits per heavy atom. The summed E-state index contributed by atoms with van der Waals surface area (Å²) in [5.74, 6) is -0.106. The predicted molar refractivity (Wildman–Crippen MR) is 62.1 cm³/mol. The molecule has 0 saturated carbocycles. The van der Waals surface area contributed by atoms with Crippen LogP contribution in [0.2, 0.25) is 0 Å². The number of aryl methyl sites for hydroxylation is 2. The summed E-state index contributed by atoms with van der Waals surface area (Å²) >= 11 is 0. The first-order valence-electron chi connectivity index (χ1n) is 5.82. The third kappa shape index (κ3) is 3.03. The third-order valence-electron chi connectivity index (χ3n) is 3.02. The number of hydrogen-bond acceptors (Lipinski definition) is 2. The molecule has 0 aliphatic carbocycles. The molecule has 1 aliphatic heterocycles. The van der Waals surface area contributed by atoms with Gasteiger partial charge in [-0.05, 0) is 37.0 Å². The average Bonchev–Trinajstić information content (AvgIpc) is 2.32. The highest BCUT2D eigenvalue weighted by molar-refractivity contribution is 5.23. The maximum atomic E-state index is 13.3. The van der Waals surface area contributed by atoms with Crippen LogP contribution in [0.25, 0.3) is 0 Å². The van der Waals surface area contributed by atoms with E-state index in [4.69, 9.17) is 4.74 Å². The van der Waals surface area contributed by atoms with Gasteiger partial charge in [0, 0.05) is 12.6 Å². The Morgan fingerprint density at radius 1 is 1.50 bits per heavy atom. The van der Waals surface area contributed by atoms with E-state index in [2.05, 4.69) is 5.32 Å². The quantitative estimate of drug-likeness (QED) is 0.847. The molecule has 2 nitrogen and oxygen atoms in total. The van der Waals surface area contributed by atoms with Gasteiger partial charge in [-0.15, -0.1) is 0 Å². The van der Waals surface area contributed by atoms with Gasteiger partial charge in [-0.25, -0.2) is 4.39 Å². The maximum Gasteiger partial charge on any atom is 0.126 e. The third-order valence-corrected chi connectivity index (χ3v) is 3.02. The molecule has 1 aromatic carbocycles. The zero-order valence-corrected chi connectivity index (χ0v) is 9.63. The van der Waals surface area contributed by atoms with Crippen LogP contribution in [0, 0.1) is 12.7 Å². The van der Waals surface area contributed by atoms with Crippen LogP contribution >= 0.6 is 0 Å². The van der Waals surface area contributed by atoms with Crippen LogP contribution in [0.3, 0.4) is 0 Å². The molecule has 2 rings (SSSR count). The van der Waals surface area contributed by atoms with E-state index in [0.29, 0.717) is 11.6 Å². The summed E-state index contributed by atoms with van der Waals surface area (Å²) in [7, 11) is 0. The minimum Gasteiger partial charge on any atom is -0.379 e. The van der Waals surface area contributed by atoms with Gasteiger partial charge in [-0.1, -0.05) is 12.1 Å². The van der Waals surface area contributed by atoms with Gasteiger partial charge in [0.25, 0.3) is 0 Å². The minimum atomic E-state index is -0.106. The molecule has 88 valence electrons. The van der Waals surface area contributed by atoms with Crippen LogP contribution in [0.5, 0.6) is 0 Å². The molecule has 1 saturated heterocycles. The second-order valence-electron chi connectivity index (χ2n) is 4.35. The predicted octanol–water partition coefficient (Wildman–Crippen LogP) is 2.06. The highest BCUT2D eigenvalue weighted by Crippen LogP contribution is 2.12. The molecule has 1 N–H and O–H groups in total. The fourth-order valence-electron chi connectivity index (χ4n) is 1.94. The van der Waals surface area contributed by atoms with Crippen LogP contribution < -0.4 is 5.32 Å². The zero-order chi connectivity index (χ0) is 11.4. The van der Waals surface area contributed by atoms with E-state index >= 15 is 0 Å². The minimum absolute atomic E-state index is 0.106. The second kappa shape index (κ2) is 5.41. The van der Waals surface area contributed by atoms with E-state index < -0.39 is 0 Å². The Balaban J connectivity index is 1.86. The lowest BCUT2D eigenvalue weighted by atomic mass is 10.0. The van der Waals surface area contributed by atoms with Crippen molar-refractivity contribution in [2.45, 2.75) is 25.8 Å². The van der Waals surface area contributed by atoms with Crippen LogP contribution in [-0.4, -0.2) is 25.8 Å². The Labute approximate surface area is 95.8 Å². The van der Waals surface area contributed by atoms with E-state index in [0.717, 1.165) is 38.2 Å². The monoisotopic (exact) mass is 223 g/mol. The molecule has 16 heavy (non-hydrogen) atoms. The van der Waals surface area contributed by atoms with Crippen LogP contribution in [0.1, 0.15) is 17.5 Å². The number of ether oxygens (including phenoxy) is 1. The second-order valence-corrected chi connectivity index (χ2v) is 4.35. The van der Waals surface area contributed by atoms with Crippen molar-refractivity contribution in [2.24, 2.45) is 0 Å². The van der Waals surface area contributed by atoms with Crippen molar-refractivity contribution < 1.29 is 9.13 Å². The van der Waals surface area contributed by atoms with E-state index in [-0.39, 0.29) is 5.82 Å². The number of hydrogen-bond donors (Lipinski definition) is 1. The number of halogens is 1. The molecule has 1 unspecified atom stereocenters. The first-order valence-corrected chi connectivity index (χ1v) is 5.82. The van der Waals surface area contributed by atoms with E-state index in [1.54, 1.807) is 13.0 Å². The number of rotatable bonds is 3. The molecule has 1 fully saturated rings. The molecular formula is C13H18FNO. The van der Waals surface area contributed by atoms with Crippen LogP contribution in [0.4, 0.5) is 4.39 Å². The summed E-state index contributed by atoms with van der Waals surface area (Å²) < 4.78 is 18.7. The molecular weight excluding hydrogens is 205 g/mol. The van der Waals surface area contributed by atoms with Gasteiger partial charge in [-0.2, -0.15) is 0 Å². The lowest BCUT2D eigenvalue weighted by Gasteiger charge is -2.23. The van der Waals surface area contributed by atoms with E-state index in [1.165, 1.54) is 0 Å². The Morgan fingerprint density at radius 2 is 2.38 bits per heavy atom. The first kappa shape index (κ1) is 11.6. The molecule has 1 atom stereocenters. The average molecular weight is 223 g/mol. The molecule has 0 amide bonds. The van der Waals surface area contributed by atoms with Crippen molar-refractivity contribution >= 4 is 0 Å². The van der Waals surface area contributed by atoms with Gasteiger partial charge >= 0.3 is 0 Å². The number of morpholine rings is 1. The highest BCUT2D eigenvalue weighted by atomic mass is 19.1. The molecule has 3 heteroatoms. The van der Waals surface area contributed by atoms with Crippen LogP contribution in [-0.2, 0) is 11.2 Å². The maximum absolute atomic E-state index is 13.3. The molecule has 0 radical (unpaired) electrons. The highest BCUT2D eigenvalue weighted by Gasteiger charge is 2.12. The standard InChI is InChI=1S/C13H18FNO/c1-10-2-3-11(8-13(10)14)4-5-12-9-16-7-6-15-12/h2-3,8,12,15H,4-7,9H2,1H3. The number of benzene rings is 1. The summed E-state index contributed by atoms with van der Waals surface area (Å²) in [6.45, 7) is 4.28. The van der Waals surface area contributed by atoms with Crippen molar-refractivity contribution in [3.05, 3.63) is 35.1 Å². The van der Waals surface area contributed by atoms with Gasteiger partial charge in [0.05, 0.1) is 13.2 Å². The molecule has 0 spiro atoms. The lowest BCUT2D eigenvalue weighted by Crippen LogP contribution is -2.41. The Bertz CT molecular complexity index is 348. The molecule has 1 aromatic rings. The van der Waals surface area contributed by atoms with Crippen molar-refractivity contribution in [3.63, 3.8) is 0 Å². The first-order chi connectivity index (χ1) is 7.75.